The molecule has 84 valence electrons. The summed E-state index contributed by atoms with van der Waals surface area (Å²) >= 11 is 0. The van der Waals surface area contributed by atoms with E-state index in [4.69, 9.17) is 15.5 Å². The van der Waals surface area contributed by atoms with Gasteiger partial charge in [-0.1, -0.05) is 12.0 Å². The number of ether oxygens (including phenoxy) is 1. The molecule has 0 aromatic carbocycles. The Kier molecular flexibility index (Phi) is 7.38. The van der Waals surface area contributed by atoms with Crippen molar-refractivity contribution in [2.24, 2.45) is 5.11 Å². The van der Waals surface area contributed by atoms with Crippen molar-refractivity contribution in [1.29, 1.82) is 5.26 Å². The second-order valence-electron chi connectivity index (χ2n) is 3.22. The Bertz CT molecular complexity index is 256. The minimum absolute atomic E-state index is 0.363. The van der Waals surface area contributed by atoms with Gasteiger partial charge in [-0.05, 0) is 24.9 Å². The molecule has 0 spiro atoms. The molecule has 0 saturated carbocycles. The number of nitrogens with one attached hydrogen (secondary N) is 1. The van der Waals surface area contributed by atoms with Gasteiger partial charge in [0.15, 0.2) is 0 Å². The van der Waals surface area contributed by atoms with Crippen molar-refractivity contribution < 1.29 is 4.74 Å². The van der Waals surface area contributed by atoms with Crippen molar-refractivity contribution in [3.05, 3.63) is 10.4 Å². The van der Waals surface area contributed by atoms with Crippen LogP contribution in [0.1, 0.15) is 19.8 Å². The Morgan fingerprint density at radius 1 is 1.67 bits per heavy atom. The molecule has 0 aliphatic rings. The van der Waals surface area contributed by atoms with Gasteiger partial charge in [-0.2, -0.15) is 5.26 Å². The smallest absolute Gasteiger partial charge is 0.130 e. The lowest BCUT2D eigenvalue weighted by Gasteiger charge is -2.25. The van der Waals surface area contributed by atoms with Gasteiger partial charge in [-0.25, -0.2) is 0 Å². The van der Waals surface area contributed by atoms with Crippen LogP contribution in [-0.2, 0) is 4.74 Å². The highest BCUT2D eigenvalue weighted by Crippen LogP contribution is 2.09. The van der Waals surface area contributed by atoms with Crippen LogP contribution in [0, 0.1) is 11.3 Å². The minimum Gasteiger partial charge on any atom is -0.382 e. The third-order valence-corrected chi connectivity index (χ3v) is 2.17. The van der Waals surface area contributed by atoms with Crippen molar-refractivity contribution in [2.45, 2.75) is 25.3 Å². The first-order chi connectivity index (χ1) is 7.24. The van der Waals surface area contributed by atoms with Crippen molar-refractivity contribution in [1.82, 2.24) is 5.32 Å². The van der Waals surface area contributed by atoms with E-state index in [9.17, 15) is 0 Å². The normalized spacial score (nSPS) is 13.7. The van der Waals surface area contributed by atoms with E-state index in [1.54, 1.807) is 7.11 Å². The molecule has 0 aromatic heterocycles. The predicted octanol–water partition coefficient (Wildman–Crippen LogP) is 1.60. The van der Waals surface area contributed by atoms with Crippen molar-refractivity contribution in [2.75, 3.05) is 26.8 Å². The average molecular weight is 211 g/mol. The number of methoxy groups -OCH3 is 1. The summed E-state index contributed by atoms with van der Waals surface area (Å²) in [5.41, 5.74) is 7.45. The third-order valence-electron chi connectivity index (χ3n) is 2.17. The molecule has 0 rings (SSSR count). The van der Waals surface area contributed by atoms with E-state index < -0.39 is 5.54 Å². The summed E-state index contributed by atoms with van der Waals surface area (Å²) in [5, 5.41) is 15.6. The lowest BCUT2D eigenvalue weighted by molar-refractivity contribution is 0.135. The Balaban J connectivity index is 3.96. The Morgan fingerprint density at radius 2 is 2.40 bits per heavy atom. The van der Waals surface area contributed by atoms with Crippen molar-refractivity contribution in [3.63, 3.8) is 0 Å². The first-order valence-electron chi connectivity index (χ1n) is 4.90. The number of nitrogens with zero attached hydrogens (tertiary/aromatic N) is 4. The van der Waals surface area contributed by atoms with Gasteiger partial charge >= 0.3 is 0 Å². The molecule has 0 aliphatic heterocycles. The molecule has 0 aliphatic carbocycles. The van der Waals surface area contributed by atoms with E-state index in [1.165, 1.54) is 0 Å². The summed E-state index contributed by atoms with van der Waals surface area (Å²) in [6.07, 6.45) is 1.40. The number of azide groups is 1. The monoisotopic (exact) mass is 211 g/mol. The van der Waals surface area contributed by atoms with Gasteiger partial charge in [0.1, 0.15) is 5.54 Å². The Hall–Kier alpha value is -1.28. The molecule has 0 heterocycles. The highest BCUT2D eigenvalue weighted by Gasteiger charge is 2.26. The highest BCUT2D eigenvalue weighted by molar-refractivity contribution is 5.06. The zero-order valence-corrected chi connectivity index (χ0v) is 9.23. The molecule has 0 fully saturated rings. The van der Waals surface area contributed by atoms with Gasteiger partial charge in [0.2, 0.25) is 0 Å². The highest BCUT2D eigenvalue weighted by atomic mass is 16.5. The van der Waals surface area contributed by atoms with Gasteiger partial charge in [0, 0.05) is 18.6 Å². The molecule has 1 atom stereocenters. The fraction of sp³-hybridized carbons (Fsp3) is 0.889. The van der Waals surface area contributed by atoms with Crippen molar-refractivity contribution >= 4 is 0 Å². The second-order valence-corrected chi connectivity index (χ2v) is 3.22. The quantitative estimate of drug-likeness (QED) is 0.286. The van der Waals surface area contributed by atoms with E-state index >= 15 is 0 Å². The molecule has 1 unspecified atom stereocenters. The molecule has 6 nitrogen and oxygen atoms in total. The lowest BCUT2D eigenvalue weighted by Crippen LogP contribution is -2.47. The molecule has 0 saturated heterocycles. The maximum Gasteiger partial charge on any atom is 0.130 e. The van der Waals surface area contributed by atoms with Crippen LogP contribution in [0.3, 0.4) is 0 Å². The minimum atomic E-state index is -0.620. The third kappa shape index (κ3) is 5.23. The van der Waals surface area contributed by atoms with E-state index in [-0.39, 0.29) is 0 Å². The van der Waals surface area contributed by atoms with Crippen LogP contribution in [-0.4, -0.2) is 32.3 Å². The van der Waals surface area contributed by atoms with E-state index in [0.29, 0.717) is 26.1 Å². The van der Waals surface area contributed by atoms with Crippen LogP contribution < -0.4 is 5.32 Å². The number of rotatable bonds is 8. The number of nitriles is 1. The summed E-state index contributed by atoms with van der Waals surface area (Å²) in [6, 6.07) is 2.22. The molecule has 0 radical (unpaired) electrons. The van der Waals surface area contributed by atoms with E-state index in [0.717, 1.165) is 6.42 Å². The fourth-order valence-electron chi connectivity index (χ4n) is 1.20. The molecule has 1 N–H and O–H groups in total. The summed E-state index contributed by atoms with van der Waals surface area (Å²) in [7, 11) is 1.57. The summed E-state index contributed by atoms with van der Waals surface area (Å²) in [6.45, 7) is 3.38. The van der Waals surface area contributed by atoms with Gasteiger partial charge in [-0.15, -0.1) is 0 Å². The van der Waals surface area contributed by atoms with Gasteiger partial charge in [0.05, 0.1) is 12.7 Å². The van der Waals surface area contributed by atoms with Crippen LogP contribution in [0.25, 0.3) is 10.4 Å². The summed E-state index contributed by atoms with van der Waals surface area (Å²) < 4.78 is 5.00. The number of hydrogen-bond donors (Lipinski definition) is 1. The standard InChI is InChI=1S/C9H17N5O/c1-3-9(7-10,8-15-2)12-5-4-6-13-14-11/h12H,3-6,8H2,1-2H3. The zero-order valence-electron chi connectivity index (χ0n) is 9.23. The molecule has 0 bridgehead atoms. The van der Waals surface area contributed by atoms with Crippen molar-refractivity contribution in [3.8, 4) is 6.07 Å². The van der Waals surface area contributed by atoms with Gasteiger partial charge in [-0.3, -0.25) is 5.32 Å². The second kappa shape index (κ2) is 8.06. The molecule has 6 heteroatoms. The molecule has 15 heavy (non-hydrogen) atoms. The SMILES string of the molecule is CCC(C#N)(COC)NCCCN=[N+]=[N-]. The summed E-state index contributed by atoms with van der Waals surface area (Å²) in [4.78, 5) is 2.65. The predicted molar refractivity (Wildman–Crippen MR) is 57.1 cm³/mol. The average Bonchev–Trinajstić information content (AvgIpc) is 2.27. The molecule has 0 aromatic rings. The fourth-order valence-corrected chi connectivity index (χ4v) is 1.20. The Morgan fingerprint density at radius 3 is 2.87 bits per heavy atom. The topological polar surface area (TPSA) is 93.8 Å². The van der Waals surface area contributed by atoms with Crippen LogP contribution in [0.2, 0.25) is 0 Å². The molecule has 0 amide bonds. The maximum atomic E-state index is 9.04. The van der Waals surface area contributed by atoms with E-state index in [2.05, 4.69) is 21.4 Å². The first-order valence-corrected chi connectivity index (χ1v) is 4.90. The van der Waals surface area contributed by atoms with Gasteiger partial charge < -0.3 is 4.74 Å². The molecular formula is C9H17N5O. The largest absolute Gasteiger partial charge is 0.382 e. The van der Waals surface area contributed by atoms with Crippen LogP contribution in [0.4, 0.5) is 0 Å². The number of hydrogen-bond acceptors (Lipinski definition) is 4. The van der Waals surface area contributed by atoms with E-state index in [1.807, 2.05) is 6.92 Å². The van der Waals surface area contributed by atoms with Crippen LogP contribution in [0.15, 0.2) is 5.11 Å². The van der Waals surface area contributed by atoms with Crippen LogP contribution >= 0.6 is 0 Å². The van der Waals surface area contributed by atoms with Crippen LogP contribution in [0.5, 0.6) is 0 Å². The van der Waals surface area contributed by atoms with Gasteiger partial charge in [0.25, 0.3) is 0 Å². The summed E-state index contributed by atoms with van der Waals surface area (Å²) in [5.74, 6) is 0. The zero-order chi connectivity index (χ0) is 11.6. The lowest BCUT2D eigenvalue weighted by atomic mass is 9.99. The molecular weight excluding hydrogens is 194 g/mol. The Labute approximate surface area is 89.8 Å². The first kappa shape index (κ1) is 13.7. The maximum absolute atomic E-state index is 9.04.